The van der Waals surface area contributed by atoms with Gasteiger partial charge in [-0.3, -0.25) is 9.48 Å². The number of hydrogen-bond acceptors (Lipinski definition) is 5. The molecule has 1 aromatic heterocycles. The van der Waals surface area contributed by atoms with E-state index in [1.54, 1.807) is 0 Å². The largest absolute Gasteiger partial charge is 0.477 e. The number of aromatic carboxylic acids is 1. The minimum atomic E-state index is -1.13. The normalized spacial score (nSPS) is 13.0. The van der Waals surface area contributed by atoms with E-state index in [0.29, 0.717) is 18.4 Å². The van der Waals surface area contributed by atoms with Gasteiger partial charge in [-0.1, -0.05) is 61.9 Å². The van der Waals surface area contributed by atoms with Crippen molar-refractivity contribution in [2.45, 2.75) is 38.3 Å². The zero-order valence-corrected chi connectivity index (χ0v) is 19.7. The average Bonchev–Trinajstić information content (AvgIpc) is 3.38. The van der Waals surface area contributed by atoms with Gasteiger partial charge in [0.05, 0.1) is 6.20 Å². The van der Waals surface area contributed by atoms with E-state index in [9.17, 15) is 19.5 Å². The Morgan fingerprint density at radius 1 is 1.09 bits per heavy atom. The zero-order valence-electron chi connectivity index (χ0n) is 19.7. The third kappa shape index (κ3) is 5.03. The summed E-state index contributed by atoms with van der Waals surface area (Å²) in [7, 11) is 1.52. The number of carbonyl (C=O) groups excluding carboxylic acids is 2. The molecule has 1 atom stereocenters. The number of nitrogens with one attached hydrogen (secondary N) is 2. The Balaban J connectivity index is 1.37. The molecule has 0 fully saturated rings. The fraction of sp³-hybridized carbons (Fsp3) is 0.308. The van der Waals surface area contributed by atoms with Gasteiger partial charge in [-0.05, 0) is 28.7 Å². The highest BCUT2D eigenvalue weighted by atomic mass is 16.5. The summed E-state index contributed by atoms with van der Waals surface area (Å²) in [5.74, 6) is -1.62. The highest BCUT2D eigenvalue weighted by molar-refractivity contribution is 5.88. The quantitative estimate of drug-likeness (QED) is 0.435. The molecule has 0 radical (unpaired) electrons. The van der Waals surface area contributed by atoms with Gasteiger partial charge in [-0.2, -0.15) is 5.10 Å². The van der Waals surface area contributed by atoms with E-state index in [2.05, 4.69) is 27.9 Å². The molecule has 2 amide bonds. The lowest BCUT2D eigenvalue weighted by Crippen LogP contribution is -2.46. The summed E-state index contributed by atoms with van der Waals surface area (Å²) in [6.07, 6.45) is 1.80. The standard InChI is InChI=1S/C26H28N4O5/c1-3-8-22(24(31)27-13-16-14-28-30(2)23(16)25(32)33)29-26(34)35-15-21-19-11-6-4-9-17(19)18-10-5-7-12-20(18)21/h4-7,9-12,14,21-22H,3,8,13,15H2,1-2H3,(H,27,31)(H,29,34)(H,32,33). The molecule has 1 heterocycles. The minimum absolute atomic E-state index is 0.00170. The SMILES string of the molecule is CCCC(NC(=O)OCC1c2ccccc2-c2ccccc21)C(=O)NCc1cnn(C)c1C(=O)O. The number of amides is 2. The number of rotatable bonds is 9. The van der Waals surface area contributed by atoms with Crippen molar-refractivity contribution in [3.8, 4) is 11.1 Å². The number of carboxylic acid groups (broad SMARTS) is 1. The zero-order chi connectivity index (χ0) is 24.9. The molecule has 9 nitrogen and oxygen atoms in total. The van der Waals surface area contributed by atoms with Crippen molar-refractivity contribution in [3.63, 3.8) is 0 Å². The van der Waals surface area contributed by atoms with Gasteiger partial charge in [0.15, 0.2) is 5.69 Å². The van der Waals surface area contributed by atoms with E-state index < -0.39 is 24.0 Å². The molecule has 0 spiro atoms. The molecule has 0 bridgehead atoms. The van der Waals surface area contributed by atoms with Crippen molar-refractivity contribution in [1.29, 1.82) is 0 Å². The lowest BCUT2D eigenvalue weighted by molar-refractivity contribution is -0.123. The van der Waals surface area contributed by atoms with Crippen molar-refractivity contribution < 1.29 is 24.2 Å². The Labute approximate surface area is 203 Å². The molecule has 1 aliphatic rings. The van der Waals surface area contributed by atoms with Crippen LogP contribution < -0.4 is 10.6 Å². The molecule has 0 saturated carbocycles. The van der Waals surface area contributed by atoms with Gasteiger partial charge in [0.2, 0.25) is 5.91 Å². The molecule has 1 aliphatic carbocycles. The molecule has 9 heteroatoms. The number of alkyl carbamates (subject to hydrolysis) is 1. The molecule has 182 valence electrons. The maximum Gasteiger partial charge on any atom is 0.407 e. The number of hydrogen-bond donors (Lipinski definition) is 3. The van der Waals surface area contributed by atoms with Crippen LogP contribution in [0.2, 0.25) is 0 Å². The van der Waals surface area contributed by atoms with Gasteiger partial charge < -0.3 is 20.5 Å². The first-order valence-electron chi connectivity index (χ1n) is 11.5. The number of carboxylic acids is 1. The summed E-state index contributed by atoms with van der Waals surface area (Å²) < 4.78 is 6.80. The number of benzene rings is 2. The lowest BCUT2D eigenvalue weighted by atomic mass is 9.98. The molecule has 0 aliphatic heterocycles. The molecule has 3 aromatic rings. The van der Waals surface area contributed by atoms with Crippen LogP contribution >= 0.6 is 0 Å². The van der Waals surface area contributed by atoms with Crippen LogP contribution in [0.5, 0.6) is 0 Å². The van der Waals surface area contributed by atoms with Crippen molar-refractivity contribution in [2.75, 3.05) is 6.61 Å². The summed E-state index contributed by atoms with van der Waals surface area (Å²) in [6.45, 7) is 2.04. The minimum Gasteiger partial charge on any atom is -0.477 e. The monoisotopic (exact) mass is 476 g/mol. The highest BCUT2D eigenvalue weighted by Gasteiger charge is 2.29. The van der Waals surface area contributed by atoms with Crippen LogP contribution in [0.4, 0.5) is 4.79 Å². The number of carbonyl (C=O) groups is 3. The molecule has 1 unspecified atom stereocenters. The first-order valence-corrected chi connectivity index (χ1v) is 11.5. The third-order valence-electron chi connectivity index (χ3n) is 6.20. The molecule has 3 N–H and O–H groups in total. The Morgan fingerprint density at radius 3 is 2.31 bits per heavy atom. The predicted molar refractivity (Wildman–Crippen MR) is 129 cm³/mol. The first kappa shape index (κ1) is 24.0. The fourth-order valence-corrected chi connectivity index (χ4v) is 4.53. The Kier molecular flexibility index (Phi) is 7.14. The predicted octanol–water partition coefficient (Wildman–Crippen LogP) is 3.44. The lowest BCUT2D eigenvalue weighted by Gasteiger charge is -2.19. The van der Waals surface area contributed by atoms with Crippen LogP contribution in [0.3, 0.4) is 0 Å². The Hall–Kier alpha value is -4.14. The third-order valence-corrected chi connectivity index (χ3v) is 6.20. The Morgan fingerprint density at radius 2 is 1.71 bits per heavy atom. The van der Waals surface area contributed by atoms with E-state index in [1.807, 2.05) is 43.3 Å². The summed E-state index contributed by atoms with van der Waals surface area (Å²) >= 11 is 0. The second-order valence-corrected chi connectivity index (χ2v) is 8.48. The Bertz CT molecular complexity index is 1210. The van der Waals surface area contributed by atoms with E-state index in [4.69, 9.17) is 4.74 Å². The van der Waals surface area contributed by atoms with E-state index >= 15 is 0 Å². The van der Waals surface area contributed by atoms with Crippen LogP contribution in [0, 0.1) is 0 Å². The summed E-state index contributed by atoms with van der Waals surface area (Å²) in [6, 6.07) is 15.3. The van der Waals surface area contributed by atoms with Gasteiger partial charge in [-0.15, -0.1) is 0 Å². The topological polar surface area (TPSA) is 123 Å². The van der Waals surface area contributed by atoms with Gasteiger partial charge in [0.25, 0.3) is 0 Å². The van der Waals surface area contributed by atoms with Gasteiger partial charge >= 0.3 is 12.1 Å². The highest BCUT2D eigenvalue weighted by Crippen LogP contribution is 2.44. The van der Waals surface area contributed by atoms with E-state index in [-0.39, 0.29) is 24.8 Å². The second-order valence-electron chi connectivity index (χ2n) is 8.48. The van der Waals surface area contributed by atoms with Crippen molar-refractivity contribution in [1.82, 2.24) is 20.4 Å². The molecule has 35 heavy (non-hydrogen) atoms. The van der Waals surface area contributed by atoms with Crippen molar-refractivity contribution in [3.05, 3.63) is 77.1 Å². The van der Waals surface area contributed by atoms with Gasteiger partial charge in [-0.25, -0.2) is 9.59 Å². The fourth-order valence-electron chi connectivity index (χ4n) is 4.53. The first-order chi connectivity index (χ1) is 16.9. The van der Waals surface area contributed by atoms with Crippen molar-refractivity contribution in [2.24, 2.45) is 7.05 Å². The van der Waals surface area contributed by atoms with Gasteiger partial charge in [0, 0.05) is 25.1 Å². The summed E-state index contributed by atoms with van der Waals surface area (Å²) in [4.78, 5) is 36.8. The molecule has 2 aromatic carbocycles. The van der Waals surface area contributed by atoms with Crippen LogP contribution in [0.1, 0.15) is 52.9 Å². The molecular formula is C26H28N4O5. The second kappa shape index (κ2) is 10.4. The van der Waals surface area contributed by atoms with Crippen molar-refractivity contribution >= 4 is 18.0 Å². The number of ether oxygens (including phenoxy) is 1. The van der Waals surface area contributed by atoms with Crippen LogP contribution in [0.15, 0.2) is 54.7 Å². The van der Waals surface area contributed by atoms with E-state index in [1.165, 1.54) is 17.9 Å². The summed E-state index contributed by atoms with van der Waals surface area (Å²) in [5, 5.41) is 18.6. The molecular weight excluding hydrogens is 448 g/mol. The number of aromatic nitrogens is 2. The molecule has 4 rings (SSSR count). The smallest absolute Gasteiger partial charge is 0.407 e. The number of aryl methyl sites for hydroxylation is 1. The summed E-state index contributed by atoms with van der Waals surface area (Å²) in [5.41, 5.74) is 4.87. The molecule has 0 saturated heterocycles. The van der Waals surface area contributed by atoms with Crippen LogP contribution in [0.25, 0.3) is 11.1 Å². The number of nitrogens with zero attached hydrogens (tertiary/aromatic N) is 2. The van der Waals surface area contributed by atoms with E-state index in [0.717, 1.165) is 22.3 Å². The maximum absolute atomic E-state index is 12.8. The number of fused-ring (bicyclic) bond motifs is 3. The average molecular weight is 477 g/mol. The van der Waals surface area contributed by atoms with Crippen LogP contribution in [-0.4, -0.2) is 45.5 Å². The maximum atomic E-state index is 12.8. The van der Waals surface area contributed by atoms with Gasteiger partial charge in [0.1, 0.15) is 12.6 Å². The van der Waals surface area contributed by atoms with Crippen LogP contribution in [-0.2, 0) is 23.1 Å².